The van der Waals surface area contributed by atoms with Gasteiger partial charge in [0.1, 0.15) is 0 Å². The van der Waals surface area contributed by atoms with Crippen LogP contribution in [0.25, 0.3) is 0 Å². The molecule has 0 saturated heterocycles. The molecule has 0 aliphatic carbocycles. The Kier molecular flexibility index (Phi) is 7.09. The smallest absolute Gasteiger partial charge is 0.331 e. The summed E-state index contributed by atoms with van der Waals surface area (Å²) in [6.45, 7) is 2.56. The van der Waals surface area contributed by atoms with Gasteiger partial charge in [-0.15, -0.1) is 0 Å². The van der Waals surface area contributed by atoms with Gasteiger partial charge in [0.05, 0.1) is 13.2 Å². The number of aromatic nitrogens is 2. The first-order chi connectivity index (χ1) is 9.20. The third-order valence-corrected chi connectivity index (χ3v) is 2.61. The van der Waals surface area contributed by atoms with Crippen LogP contribution in [0.5, 0.6) is 0 Å². The highest BCUT2D eigenvalue weighted by Crippen LogP contribution is 1.86. The Balaban J connectivity index is 2.52. The standard InChI is InChI=1S/C12H21N3O4/c1-18-8-2-9-19-10-7-14-5-3-11(16)15(6-4-13)12(14)17/h3,5H,2,4,6-10,13H2,1H3. The summed E-state index contributed by atoms with van der Waals surface area (Å²) in [5.41, 5.74) is 4.70. The summed E-state index contributed by atoms with van der Waals surface area (Å²) >= 11 is 0. The fraction of sp³-hybridized carbons (Fsp3) is 0.667. The second-order valence-corrected chi connectivity index (χ2v) is 4.03. The van der Waals surface area contributed by atoms with Gasteiger partial charge in [0, 0.05) is 45.7 Å². The zero-order chi connectivity index (χ0) is 14.1. The monoisotopic (exact) mass is 271 g/mol. The SMILES string of the molecule is COCCCOCCn1ccc(=O)n(CCN)c1=O. The van der Waals surface area contributed by atoms with Gasteiger partial charge in [-0.1, -0.05) is 0 Å². The van der Waals surface area contributed by atoms with Crippen molar-refractivity contribution >= 4 is 0 Å². The molecule has 7 nitrogen and oxygen atoms in total. The largest absolute Gasteiger partial charge is 0.385 e. The minimum atomic E-state index is -0.349. The lowest BCUT2D eigenvalue weighted by molar-refractivity contribution is 0.0968. The highest BCUT2D eigenvalue weighted by atomic mass is 16.5. The van der Waals surface area contributed by atoms with Crippen molar-refractivity contribution in [2.45, 2.75) is 19.5 Å². The van der Waals surface area contributed by atoms with E-state index in [1.165, 1.54) is 16.8 Å². The van der Waals surface area contributed by atoms with Gasteiger partial charge >= 0.3 is 5.69 Å². The van der Waals surface area contributed by atoms with E-state index in [9.17, 15) is 9.59 Å². The van der Waals surface area contributed by atoms with Crippen molar-refractivity contribution in [2.75, 3.05) is 33.5 Å². The predicted molar refractivity (Wildman–Crippen MR) is 71.3 cm³/mol. The quantitative estimate of drug-likeness (QED) is 0.583. The lowest BCUT2D eigenvalue weighted by atomic mass is 10.5. The van der Waals surface area contributed by atoms with Crippen molar-refractivity contribution in [1.82, 2.24) is 9.13 Å². The Bertz CT molecular complexity index is 481. The van der Waals surface area contributed by atoms with Gasteiger partial charge in [-0.05, 0) is 6.42 Å². The van der Waals surface area contributed by atoms with E-state index in [2.05, 4.69) is 0 Å². The van der Waals surface area contributed by atoms with Gasteiger partial charge in [0.15, 0.2) is 0 Å². The van der Waals surface area contributed by atoms with E-state index < -0.39 is 0 Å². The molecule has 0 aliphatic rings. The Morgan fingerprint density at radius 2 is 2.00 bits per heavy atom. The number of ether oxygens (including phenoxy) is 2. The van der Waals surface area contributed by atoms with E-state index in [0.29, 0.717) is 26.4 Å². The second-order valence-electron chi connectivity index (χ2n) is 4.03. The summed E-state index contributed by atoms with van der Waals surface area (Å²) in [7, 11) is 1.64. The zero-order valence-corrected chi connectivity index (χ0v) is 11.2. The number of nitrogens with zero attached hydrogens (tertiary/aromatic N) is 2. The Morgan fingerprint density at radius 1 is 1.21 bits per heavy atom. The van der Waals surface area contributed by atoms with Crippen molar-refractivity contribution in [3.05, 3.63) is 33.1 Å². The molecule has 108 valence electrons. The molecule has 0 radical (unpaired) electrons. The van der Waals surface area contributed by atoms with E-state index in [0.717, 1.165) is 11.0 Å². The number of methoxy groups -OCH3 is 1. The maximum atomic E-state index is 11.9. The molecule has 0 amide bonds. The van der Waals surface area contributed by atoms with Crippen LogP contribution < -0.4 is 17.0 Å². The second kappa shape index (κ2) is 8.63. The van der Waals surface area contributed by atoms with Crippen LogP contribution in [0.4, 0.5) is 0 Å². The third kappa shape index (κ3) is 4.98. The number of hydrogen-bond acceptors (Lipinski definition) is 5. The average Bonchev–Trinajstić information content (AvgIpc) is 2.41. The van der Waals surface area contributed by atoms with Crippen molar-refractivity contribution in [3.63, 3.8) is 0 Å². The summed E-state index contributed by atoms with van der Waals surface area (Å²) < 4.78 is 12.9. The van der Waals surface area contributed by atoms with E-state index in [4.69, 9.17) is 15.2 Å². The molecule has 0 unspecified atom stereocenters. The van der Waals surface area contributed by atoms with Crippen molar-refractivity contribution in [3.8, 4) is 0 Å². The Labute approximate surface area is 111 Å². The molecular formula is C12H21N3O4. The molecule has 1 aromatic rings. The molecular weight excluding hydrogens is 250 g/mol. The van der Waals surface area contributed by atoms with E-state index >= 15 is 0 Å². The van der Waals surface area contributed by atoms with E-state index in [1.807, 2.05) is 0 Å². The molecule has 2 N–H and O–H groups in total. The van der Waals surface area contributed by atoms with Gasteiger partial charge in [-0.3, -0.25) is 13.9 Å². The lowest BCUT2D eigenvalue weighted by Crippen LogP contribution is -2.41. The van der Waals surface area contributed by atoms with Gasteiger partial charge < -0.3 is 15.2 Å². The van der Waals surface area contributed by atoms with E-state index in [-0.39, 0.29) is 24.3 Å². The average molecular weight is 271 g/mol. The molecule has 1 heterocycles. The summed E-state index contributed by atoms with van der Waals surface area (Å²) in [4.78, 5) is 23.4. The minimum absolute atomic E-state index is 0.229. The molecule has 19 heavy (non-hydrogen) atoms. The predicted octanol–water partition coefficient (Wildman–Crippen LogP) is -0.978. The fourth-order valence-electron chi connectivity index (χ4n) is 1.63. The number of rotatable bonds is 9. The molecule has 1 rings (SSSR count). The maximum Gasteiger partial charge on any atom is 0.331 e. The van der Waals surface area contributed by atoms with Crippen LogP contribution in [0.3, 0.4) is 0 Å². The zero-order valence-electron chi connectivity index (χ0n) is 11.2. The lowest BCUT2D eigenvalue weighted by Gasteiger charge is -2.09. The van der Waals surface area contributed by atoms with Gasteiger partial charge in [-0.2, -0.15) is 0 Å². The molecule has 7 heteroatoms. The molecule has 0 bridgehead atoms. The number of nitrogens with two attached hydrogens (primary N) is 1. The topological polar surface area (TPSA) is 88.5 Å². The summed E-state index contributed by atoms with van der Waals surface area (Å²) in [6, 6.07) is 1.36. The molecule has 0 spiro atoms. The fourth-order valence-corrected chi connectivity index (χ4v) is 1.63. The van der Waals surface area contributed by atoms with Crippen molar-refractivity contribution in [2.24, 2.45) is 5.73 Å². The Hall–Kier alpha value is -1.44. The van der Waals surface area contributed by atoms with Gasteiger partial charge in [0.2, 0.25) is 0 Å². The first-order valence-electron chi connectivity index (χ1n) is 6.27. The van der Waals surface area contributed by atoms with Crippen LogP contribution in [0.2, 0.25) is 0 Å². The van der Waals surface area contributed by atoms with Crippen LogP contribution in [-0.4, -0.2) is 42.6 Å². The normalized spacial score (nSPS) is 10.8. The molecule has 0 fully saturated rings. The maximum absolute atomic E-state index is 11.9. The van der Waals surface area contributed by atoms with Gasteiger partial charge in [0.25, 0.3) is 5.56 Å². The van der Waals surface area contributed by atoms with Crippen molar-refractivity contribution in [1.29, 1.82) is 0 Å². The first kappa shape index (κ1) is 15.6. The third-order valence-electron chi connectivity index (χ3n) is 2.61. The molecule has 1 aromatic heterocycles. The van der Waals surface area contributed by atoms with Crippen LogP contribution in [0.1, 0.15) is 6.42 Å². The van der Waals surface area contributed by atoms with E-state index in [1.54, 1.807) is 7.11 Å². The van der Waals surface area contributed by atoms with Crippen LogP contribution in [0, 0.1) is 0 Å². The highest BCUT2D eigenvalue weighted by Gasteiger charge is 2.03. The minimum Gasteiger partial charge on any atom is -0.385 e. The molecule has 0 atom stereocenters. The molecule has 0 aromatic carbocycles. The van der Waals surface area contributed by atoms with Crippen LogP contribution >= 0.6 is 0 Å². The number of hydrogen-bond donors (Lipinski definition) is 1. The summed E-state index contributed by atoms with van der Waals surface area (Å²) in [5, 5.41) is 0. The summed E-state index contributed by atoms with van der Waals surface area (Å²) in [6.07, 6.45) is 2.30. The van der Waals surface area contributed by atoms with Crippen LogP contribution in [-0.2, 0) is 22.6 Å². The summed E-state index contributed by atoms with van der Waals surface area (Å²) in [5.74, 6) is 0. The Morgan fingerprint density at radius 3 is 2.68 bits per heavy atom. The molecule has 0 saturated carbocycles. The van der Waals surface area contributed by atoms with Crippen molar-refractivity contribution < 1.29 is 9.47 Å². The molecule has 0 aliphatic heterocycles. The highest BCUT2D eigenvalue weighted by molar-refractivity contribution is 4.86. The van der Waals surface area contributed by atoms with Crippen LogP contribution in [0.15, 0.2) is 21.9 Å². The first-order valence-corrected chi connectivity index (χ1v) is 6.27. The van der Waals surface area contributed by atoms with Gasteiger partial charge in [-0.25, -0.2) is 4.79 Å².